The van der Waals surface area contributed by atoms with Crippen LogP contribution in [-0.2, 0) is 11.2 Å². The van der Waals surface area contributed by atoms with Crippen LogP contribution in [0.2, 0.25) is 0 Å². The van der Waals surface area contributed by atoms with E-state index in [1.807, 2.05) is 25.1 Å². The summed E-state index contributed by atoms with van der Waals surface area (Å²) in [6.45, 7) is 6.92. The molecule has 0 radical (unpaired) electrons. The number of nitrogens with two attached hydrogens (primary N) is 1. The zero-order valence-corrected chi connectivity index (χ0v) is 11.6. The molecule has 0 saturated carbocycles. The van der Waals surface area contributed by atoms with E-state index in [9.17, 15) is 4.79 Å². The molecule has 1 aromatic rings. The second-order valence-electron chi connectivity index (χ2n) is 5.46. The fourth-order valence-corrected chi connectivity index (χ4v) is 1.77. The first-order valence-electron chi connectivity index (χ1n) is 6.53. The summed E-state index contributed by atoms with van der Waals surface area (Å²) in [4.78, 5) is 11.6. The standard InChI is InChI=1S/C15H24N2O/c1-12(2)11-17-15(3,14(16)18)10-9-13-7-5-4-6-8-13/h4-8,12,17H,9-11H2,1-3H3,(H2,16,18). The third kappa shape index (κ3) is 4.49. The maximum atomic E-state index is 11.6. The van der Waals surface area contributed by atoms with E-state index in [-0.39, 0.29) is 5.91 Å². The number of carbonyl (C=O) groups excluding carboxylic acids is 1. The minimum atomic E-state index is -0.625. The van der Waals surface area contributed by atoms with Crippen LogP contribution in [0.15, 0.2) is 30.3 Å². The molecule has 1 aromatic carbocycles. The minimum Gasteiger partial charge on any atom is -0.368 e. The number of primary amides is 1. The van der Waals surface area contributed by atoms with Gasteiger partial charge in [0.2, 0.25) is 5.91 Å². The van der Waals surface area contributed by atoms with Crippen LogP contribution in [-0.4, -0.2) is 18.0 Å². The molecule has 18 heavy (non-hydrogen) atoms. The van der Waals surface area contributed by atoms with Crippen LogP contribution in [0.5, 0.6) is 0 Å². The zero-order valence-electron chi connectivity index (χ0n) is 11.6. The molecule has 3 N–H and O–H groups in total. The Bertz CT molecular complexity index is 375. The Kier molecular flexibility index (Phi) is 5.35. The Morgan fingerprint density at radius 3 is 2.44 bits per heavy atom. The highest BCUT2D eigenvalue weighted by Crippen LogP contribution is 2.14. The molecule has 1 amide bonds. The lowest BCUT2D eigenvalue weighted by atomic mass is 9.92. The van der Waals surface area contributed by atoms with Gasteiger partial charge in [-0.1, -0.05) is 44.2 Å². The third-order valence-electron chi connectivity index (χ3n) is 3.20. The van der Waals surface area contributed by atoms with Gasteiger partial charge in [0.1, 0.15) is 0 Å². The van der Waals surface area contributed by atoms with Crippen molar-refractivity contribution in [3.8, 4) is 0 Å². The van der Waals surface area contributed by atoms with Gasteiger partial charge in [-0.3, -0.25) is 4.79 Å². The first kappa shape index (κ1) is 14.7. The molecule has 0 heterocycles. The van der Waals surface area contributed by atoms with Crippen molar-refractivity contribution in [3.63, 3.8) is 0 Å². The van der Waals surface area contributed by atoms with Gasteiger partial charge in [0.25, 0.3) is 0 Å². The van der Waals surface area contributed by atoms with Crippen molar-refractivity contribution in [2.45, 2.75) is 39.2 Å². The quantitative estimate of drug-likeness (QED) is 0.776. The Morgan fingerprint density at radius 2 is 1.94 bits per heavy atom. The molecule has 0 fully saturated rings. The van der Waals surface area contributed by atoms with Gasteiger partial charge in [-0.25, -0.2) is 0 Å². The molecule has 0 aliphatic rings. The molecule has 1 rings (SSSR count). The monoisotopic (exact) mass is 248 g/mol. The molecule has 1 atom stereocenters. The van der Waals surface area contributed by atoms with Crippen molar-refractivity contribution in [2.24, 2.45) is 11.7 Å². The lowest BCUT2D eigenvalue weighted by molar-refractivity contribution is -0.124. The molecule has 0 spiro atoms. The molecular weight excluding hydrogens is 224 g/mol. The summed E-state index contributed by atoms with van der Waals surface area (Å²) in [6, 6.07) is 10.2. The maximum Gasteiger partial charge on any atom is 0.237 e. The topological polar surface area (TPSA) is 55.1 Å². The molecule has 100 valence electrons. The van der Waals surface area contributed by atoms with E-state index in [1.165, 1.54) is 5.56 Å². The number of rotatable bonds is 7. The Morgan fingerprint density at radius 1 is 1.33 bits per heavy atom. The summed E-state index contributed by atoms with van der Waals surface area (Å²) in [5.74, 6) is 0.222. The maximum absolute atomic E-state index is 11.6. The smallest absolute Gasteiger partial charge is 0.237 e. The highest BCUT2D eigenvalue weighted by Gasteiger charge is 2.29. The van der Waals surface area contributed by atoms with Gasteiger partial charge in [0.05, 0.1) is 5.54 Å². The van der Waals surface area contributed by atoms with Crippen molar-refractivity contribution in [1.82, 2.24) is 5.32 Å². The highest BCUT2D eigenvalue weighted by molar-refractivity contribution is 5.84. The summed E-state index contributed by atoms with van der Waals surface area (Å²) in [5, 5.41) is 3.29. The second-order valence-corrected chi connectivity index (χ2v) is 5.46. The molecule has 0 aromatic heterocycles. The van der Waals surface area contributed by atoms with Gasteiger partial charge in [-0.15, -0.1) is 0 Å². The van der Waals surface area contributed by atoms with Crippen LogP contribution in [0, 0.1) is 5.92 Å². The predicted octanol–water partition coefficient (Wildman–Crippen LogP) is 2.11. The van der Waals surface area contributed by atoms with E-state index in [0.717, 1.165) is 19.4 Å². The lowest BCUT2D eigenvalue weighted by Gasteiger charge is -2.28. The SMILES string of the molecule is CC(C)CNC(C)(CCc1ccccc1)C(N)=O. The van der Waals surface area contributed by atoms with Gasteiger partial charge in [-0.2, -0.15) is 0 Å². The predicted molar refractivity (Wildman–Crippen MR) is 75.2 cm³/mol. The second kappa shape index (κ2) is 6.55. The zero-order chi connectivity index (χ0) is 13.6. The molecule has 0 bridgehead atoms. The number of amides is 1. The van der Waals surface area contributed by atoms with E-state index in [1.54, 1.807) is 0 Å². The first-order valence-corrected chi connectivity index (χ1v) is 6.53. The Balaban J connectivity index is 2.60. The highest BCUT2D eigenvalue weighted by atomic mass is 16.1. The average Bonchev–Trinajstić information content (AvgIpc) is 2.35. The van der Waals surface area contributed by atoms with E-state index >= 15 is 0 Å². The molecule has 3 nitrogen and oxygen atoms in total. The molecule has 3 heteroatoms. The van der Waals surface area contributed by atoms with Gasteiger partial charge >= 0.3 is 0 Å². The molecule has 0 aliphatic carbocycles. The fraction of sp³-hybridized carbons (Fsp3) is 0.533. The van der Waals surface area contributed by atoms with Crippen molar-refractivity contribution in [2.75, 3.05) is 6.54 Å². The molecule has 0 aliphatic heterocycles. The van der Waals surface area contributed by atoms with Crippen molar-refractivity contribution in [1.29, 1.82) is 0 Å². The number of carbonyl (C=O) groups is 1. The van der Waals surface area contributed by atoms with Crippen LogP contribution in [0.3, 0.4) is 0 Å². The largest absolute Gasteiger partial charge is 0.368 e. The van der Waals surface area contributed by atoms with Gasteiger partial charge < -0.3 is 11.1 Å². The van der Waals surface area contributed by atoms with Crippen LogP contribution >= 0.6 is 0 Å². The lowest BCUT2D eigenvalue weighted by Crippen LogP contribution is -2.54. The summed E-state index contributed by atoms with van der Waals surface area (Å²) in [5.41, 5.74) is 6.13. The number of hydrogen-bond acceptors (Lipinski definition) is 2. The molecule has 0 saturated heterocycles. The van der Waals surface area contributed by atoms with E-state index < -0.39 is 5.54 Å². The molecule has 1 unspecified atom stereocenters. The minimum absolute atomic E-state index is 0.279. The summed E-state index contributed by atoms with van der Waals surface area (Å²) in [6.07, 6.45) is 1.57. The summed E-state index contributed by atoms with van der Waals surface area (Å²) < 4.78 is 0. The van der Waals surface area contributed by atoms with E-state index in [0.29, 0.717) is 5.92 Å². The number of hydrogen-bond donors (Lipinski definition) is 2. The van der Waals surface area contributed by atoms with Gasteiger partial charge in [-0.05, 0) is 37.8 Å². The first-order chi connectivity index (χ1) is 8.44. The molecular formula is C15H24N2O. The van der Waals surface area contributed by atoms with Crippen LogP contribution in [0.25, 0.3) is 0 Å². The van der Waals surface area contributed by atoms with E-state index in [2.05, 4.69) is 31.3 Å². The summed E-state index contributed by atoms with van der Waals surface area (Å²) >= 11 is 0. The van der Waals surface area contributed by atoms with Crippen LogP contribution in [0.4, 0.5) is 0 Å². The van der Waals surface area contributed by atoms with Crippen molar-refractivity contribution in [3.05, 3.63) is 35.9 Å². The Hall–Kier alpha value is -1.35. The normalized spacial score (nSPS) is 14.4. The van der Waals surface area contributed by atoms with Crippen molar-refractivity contribution < 1.29 is 4.79 Å². The third-order valence-corrected chi connectivity index (χ3v) is 3.20. The number of benzene rings is 1. The summed E-state index contributed by atoms with van der Waals surface area (Å²) in [7, 11) is 0. The van der Waals surface area contributed by atoms with Gasteiger partial charge in [0, 0.05) is 0 Å². The van der Waals surface area contributed by atoms with E-state index in [4.69, 9.17) is 5.73 Å². The number of nitrogens with one attached hydrogen (secondary N) is 1. The van der Waals surface area contributed by atoms with Gasteiger partial charge in [0.15, 0.2) is 0 Å². The fourth-order valence-electron chi connectivity index (χ4n) is 1.77. The average molecular weight is 248 g/mol. The number of aryl methyl sites for hydroxylation is 1. The Labute approximate surface area is 110 Å². The van der Waals surface area contributed by atoms with Crippen molar-refractivity contribution >= 4 is 5.91 Å². The van der Waals surface area contributed by atoms with Crippen LogP contribution < -0.4 is 11.1 Å². The van der Waals surface area contributed by atoms with Crippen LogP contribution in [0.1, 0.15) is 32.8 Å².